The largest absolute Gasteiger partial charge is 0.495 e. The molecule has 0 heterocycles. The van der Waals surface area contributed by atoms with Crippen LogP contribution in [0, 0.1) is 0 Å². The van der Waals surface area contributed by atoms with Gasteiger partial charge >= 0.3 is 0 Å². The van der Waals surface area contributed by atoms with Crippen LogP contribution >= 0.6 is 0 Å². The second-order valence-electron chi connectivity index (χ2n) is 6.40. The Labute approximate surface area is 169 Å². The molecule has 1 amide bonds. The van der Waals surface area contributed by atoms with E-state index in [1.165, 1.54) is 37.5 Å². The van der Waals surface area contributed by atoms with Crippen LogP contribution in [0.5, 0.6) is 5.75 Å². The van der Waals surface area contributed by atoms with Crippen LogP contribution in [0.4, 0.5) is 5.69 Å². The van der Waals surface area contributed by atoms with Crippen LogP contribution < -0.4 is 20.3 Å². The van der Waals surface area contributed by atoms with Crippen molar-refractivity contribution in [3.63, 3.8) is 0 Å². The molecule has 2 aromatic rings. The van der Waals surface area contributed by atoms with Crippen LogP contribution in [0.25, 0.3) is 0 Å². The van der Waals surface area contributed by atoms with E-state index in [-0.39, 0.29) is 16.2 Å². The highest BCUT2D eigenvalue weighted by Crippen LogP contribution is 2.26. The molecule has 0 fully saturated rings. The maximum absolute atomic E-state index is 12.7. The smallest absolute Gasteiger partial charge is 0.269 e. The second-order valence-corrected chi connectivity index (χ2v) is 8.08. The van der Waals surface area contributed by atoms with Crippen LogP contribution in [0.1, 0.15) is 29.6 Å². The molecule has 8 nitrogen and oxygen atoms in total. The Morgan fingerprint density at radius 2 is 1.86 bits per heavy atom. The highest BCUT2D eigenvalue weighted by molar-refractivity contribution is 7.92. The molecule has 0 spiro atoms. The van der Waals surface area contributed by atoms with Gasteiger partial charge < -0.3 is 10.2 Å². The summed E-state index contributed by atoms with van der Waals surface area (Å²) in [5.74, 6) is -0.133. The van der Waals surface area contributed by atoms with E-state index >= 15 is 0 Å². The average Bonchev–Trinajstić information content (AvgIpc) is 2.72. The fourth-order valence-corrected chi connectivity index (χ4v) is 3.95. The Morgan fingerprint density at radius 1 is 1.07 bits per heavy atom. The quantitative estimate of drug-likeness (QED) is 0.599. The summed E-state index contributed by atoms with van der Waals surface area (Å²) < 4.78 is 33.1. The van der Waals surface area contributed by atoms with Gasteiger partial charge in [-0.15, -0.1) is 0 Å². The number of ether oxygens (including phenoxy) is 1. The maximum Gasteiger partial charge on any atom is 0.269 e. The maximum atomic E-state index is 12.7. The van der Waals surface area contributed by atoms with Gasteiger partial charge in [0.2, 0.25) is 0 Å². The van der Waals surface area contributed by atoms with E-state index < -0.39 is 15.9 Å². The number of carbonyl (C=O) groups excluding carboxylic acids is 2. The third-order valence-electron chi connectivity index (χ3n) is 4.30. The van der Waals surface area contributed by atoms with Crippen molar-refractivity contribution in [3.05, 3.63) is 65.9 Å². The molecule has 0 atom stereocenters. The number of para-hydroxylation sites is 2. The van der Waals surface area contributed by atoms with E-state index in [9.17, 15) is 18.0 Å². The number of nitrogens with one attached hydrogen (secondary N) is 3. The zero-order valence-electron chi connectivity index (χ0n) is 15.8. The van der Waals surface area contributed by atoms with Crippen molar-refractivity contribution in [2.75, 3.05) is 11.8 Å². The summed E-state index contributed by atoms with van der Waals surface area (Å²) in [7, 11) is -2.49. The van der Waals surface area contributed by atoms with Gasteiger partial charge in [0.05, 0.1) is 17.7 Å². The minimum absolute atomic E-state index is 0.00324. The first-order valence-electron chi connectivity index (χ1n) is 8.95. The van der Waals surface area contributed by atoms with Crippen LogP contribution in [-0.2, 0) is 14.8 Å². The average molecular weight is 415 g/mol. The first-order valence-corrected chi connectivity index (χ1v) is 10.4. The number of amides is 1. The number of benzene rings is 2. The molecule has 152 valence electrons. The van der Waals surface area contributed by atoms with Crippen molar-refractivity contribution in [2.45, 2.75) is 24.2 Å². The van der Waals surface area contributed by atoms with Crippen molar-refractivity contribution in [2.24, 2.45) is 0 Å². The van der Waals surface area contributed by atoms with Gasteiger partial charge in [0, 0.05) is 23.8 Å². The number of hydrogen-bond donors (Lipinski definition) is 3. The highest BCUT2D eigenvalue weighted by Gasteiger charge is 2.18. The first kappa shape index (κ1) is 20.4. The number of rotatable bonds is 7. The SMILES string of the molecule is COc1ccccc1NS(=O)(=O)c1cccc(C(=O)NNC2=CC(=O)CCC2)c1. The van der Waals surface area contributed by atoms with Crippen LogP contribution in [0.3, 0.4) is 0 Å². The van der Waals surface area contributed by atoms with Gasteiger partial charge in [-0.3, -0.25) is 19.7 Å². The molecule has 0 saturated carbocycles. The minimum atomic E-state index is -3.93. The summed E-state index contributed by atoms with van der Waals surface area (Å²) in [6, 6.07) is 12.3. The molecule has 3 rings (SSSR count). The molecular formula is C20H21N3O5S. The van der Waals surface area contributed by atoms with Crippen LogP contribution in [0.2, 0.25) is 0 Å². The van der Waals surface area contributed by atoms with E-state index in [4.69, 9.17) is 4.74 Å². The van der Waals surface area contributed by atoms with E-state index in [1.807, 2.05) is 0 Å². The van der Waals surface area contributed by atoms with Gasteiger partial charge in [0.1, 0.15) is 5.75 Å². The van der Waals surface area contributed by atoms with E-state index in [0.29, 0.717) is 30.0 Å². The molecule has 0 aliphatic heterocycles. The summed E-state index contributed by atoms with van der Waals surface area (Å²) in [4.78, 5) is 23.7. The molecule has 3 N–H and O–H groups in total. The van der Waals surface area contributed by atoms with Crippen LogP contribution in [0.15, 0.2) is 65.2 Å². The fraction of sp³-hybridized carbons (Fsp3) is 0.200. The van der Waals surface area contributed by atoms with Crippen molar-refractivity contribution < 1.29 is 22.7 Å². The topological polar surface area (TPSA) is 114 Å². The predicted octanol–water partition coefficient (Wildman–Crippen LogP) is 2.37. The van der Waals surface area contributed by atoms with Gasteiger partial charge in [-0.25, -0.2) is 8.42 Å². The van der Waals surface area contributed by atoms with Gasteiger partial charge in [0.15, 0.2) is 5.78 Å². The zero-order chi connectivity index (χ0) is 20.9. The number of hydrogen-bond acceptors (Lipinski definition) is 6. The van der Waals surface area contributed by atoms with Gasteiger partial charge in [-0.2, -0.15) is 0 Å². The normalized spacial score (nSPS) is 14.0. The standard InChI is InChI=1S/C20H21N3O5S/c1-28-19-11-3-2-10-18(19)23-29(26,27)17-9-4-6-14(12-17)20(25)22-21-15-7-5-8-16(24)13-15/h2-4,6,9-13,21,23H,5,7-8H2,1H3,(H,22,25). The minimum Gasteiger partial charge on any atom is -0.495 e. The first-order chi connectivity index (χ1) is 13.9. The summed E-state index contributed by atoms with van der Waals surface area (Å²) in [5.41, 5.74) is 6.28. The number of methoxy groups -OCH3 is 1. The number of anilines is 1. The molecule has 0 aromatic heterocycles. The number of ketones is 1. The van der Waals surface area contributed by atoms with Gasteiger partial charge in [0.25, 0.3) is 15.9 Å². The zero-order valence-corrected chi connectivity index (χ0v) is 16.6. The van der Waals surface area contributed by atoms with Crippen molar-refractivity contribution in [1.82, 2.24) is 10.9 Å². The summed E-state index contributed by atoms with van der Waals surface area (Å²) >= 11 is 0. The van der Waals surface area contributed by atoms with E-state index in [0.717, 1.165) is 6.42 Å². The predicted molar refractivity (Wildman–Crippen MR) is 108 cm³/mol. The molecule has 0 bridgehead atoms. The van der Waals surface area contributed by atoms with E-state index in [2.05, 4.69) is 15.6 Å². The lowest BCUT2D eigenvalue weighted by Crippen LogP contribution is -2.37. The third-order valence-corrected chi connectivity index (χ3v) is 5.66. The lowest BCUT2D eigenvalue weighted by Gasteiger charge is -2.15. The second kappa shape index (κ2) is 8.78. The fourth-order valence-electron chi connectivity index (χ4n) is 2.84. The molecule has 0 unspecified atom stereocenters. The molecule has 0 saturated heterocycles. The van der Waals surface area contributed by atoms with E-state index in [1.54, 1.807) is 24.3 Å². The molecule has 0 radical (unpaired) electrons. The third kappa shape index (κ3) is 5.14. The summed E-state index contributed by atoms with van der Waals surface area (Å²) in [5, 5.41) is 0. The number of carbonyl (C=O) groups is 2. The lowest BCUT2D eigenvalue weighted by atomic mass is 10.0. The van der Waals surface area contributed by atoms with Gasteiger partial charge in [-0.05, 0) is 43.2 Å². The Kier molecular flexibility index (Phi) is 6.18. The molecule has 9 heteroatoms. The van der Waals surface area contributed by atoms with Crippen molar-refractivity contribution in [3.8, 4) is 5.75 Å². The Morgan fingerprint density at radius 3 is 2.62 bits per heavy atom. The van der Waals surface area contributed by atoms with Crippen molar-refractivity contribution in [1.29, 1.82) is 0 Å². The van der Waals surface area contributed by atoms with Crippen molar-refractivity contribution >= 4 is 27.4 Å². The van der Waals surface area contributed by atoms with Gasteiger partial charge in [-0.1, -0.05) is 18.2 Å². The molecule has 2 aromatic carbocycles. The Hall–Kier alpha value is -3.33. The Balaban J connectivity index is 1.74. The molecule has 29 heavy (non-hydrogen) atoms. The number of sulfonamides is 1. The highest BCUT2D eigenvalue weighted by atomic mass is 32.2. The summed E-state index contributed by atoms with van der Waals surface area (Å²) in [6.07, 6.45) is 3.33. The molecule has 1 aliphatic rings. The molecule has 1 aliphatic carbocycles. The number of hydrazine groups is 1. The Bertz CT molecular complexity index is 1060. The van der Waals surface area contributed by atoms with Crippen LogP contribution in [-0.4, -0.2) is 27.2 Å². The molecular weight excluding hydrogens is 394 g/mol. The number of allylic oxidation sites excluding steroid dienone is 2. The summed E-state index contributed by atoms with van der Waals surface area (Å²) in [6.45, 7) is 0. The monoisotopic (exact) mass is 415 g/mol. The lowest BCUT2D eigenvalue weighted by molar-refractivity contribution is -0.115.